The van der Waals surface area contributed by atoms with Crippen LogP contribution in [0, 0.1) is 0 Å². The molecule has 8 heteroatoms. The molecule has 27 heavy (non-hydrogen) atoms. The van der Waals surface area contributed by atoms with Crippen LogP contribution in [0.2, 0.25) is 0 Å². The molecule has 1 aromatic heterocycles. The maximum Gasteiger partial charge on any atom is 0.287 e. The fourth-order valence-electron chi connectivity index (χ4n) is 3.53. The first kappa shape index (κ1) is 19.9. The molecule has 0 bridgehead atoms. The van der Waals surface area contributed by atoms with Crippen LogP contribution in [0.5, 0.6) is 0 Å². The summed E-state index contributed by atoms with van der Waals surface area (Å²) in [6, 6.07) is 3.22. The molecule has 2 aliphatic rings. The van der Waals surface area contributed by atoms with Crippen LogP contribution in [-0.4, -0.2) is 86.2 Å². The van der Waals surface area contributed by atoms with Crippen molar-refractivity contribution in [2.24, 2.45) is 0 Å². The van der Waals surface area contributed by atoms with Gasteiger partial charge in [0.05, 0.1) is 18.4 Å². The molecule has 0 saturated carbocycles. The maximum atomic E-state index is 12.4. The van der Waals surface area contributed by atoms with Crippen molar-refractivity contribution in [3.63, 3.8) is 0 Å². The zero-order valence-electron chi connectivity index (χ0n) is 16.0. The van der Waals surface area contributed by atoms with Gasteiger partial charge in [-0.3, -0.25) is 19.4 Å². The third-order valence-electron chi connectivity index (χ3n) is 5.32. The summed E-state index contributed by atoms with van der Waals surface area (Å²) in [4.78, 5) is 28.7. The first-order chi connectivity index (χ1) is 13.1. The van der Waals surface area contributed by atoms with E-state index >= 15 is 0 Å². The fourth-order valence-corrected chi connectivity index (χ4v) is 3.53. The van der Waals surface area contributed by atoms with E-state index in [0.717, 1.165) is 52.2 Å². The van der Waals surface area contributed by atoms with Gasteiger partial charge in [0.2, 0.25) is 5.91 Å². The Kier molecular flexibility index (Phi) is 7.25. The van der Waals surface area contributed by atoms with Crippen molar-refractivity contribution in [1.29, 1.82) is 0 Å². The monoisotopic (exact) mass is 378 g/mol. The largest absolute Gasteiger partial charge is 0.459 e. The Morgan fingerprint density at radius 1 is 1.26 bits per heavy atom. The molecular weight excluding hydrogens is 348 g/mol. The molecule has 2 fully saturated rings. The molecule has 2 saturated heterocycles. The lowest BCUT2D eigenvalue weighted by molar-refractivity contribution is -0.127. The molecule has 2 amide bonds. The predicted molar refractivity (Wildman–Crippen MR) is 100 cm³/mol. The van der Waals surface area contributed by atoms with Crippen LogP contribution in [0.25, 0.3) is 0 Å². The van der Waals surface area contributed by atoms with Gasteiger partial charge in [-0.1, -0.05) is 0 Å². The van der Waals surface area contributed by atoms with E-state index in [4.69, 9.17) is 9.15 Å². The highest BCUT2D eigenvalue weighted by Gasteiger charge is 2.26. The summed E-state index contributed by atoms with van der Waals surface area (Å²) in [5.41, 5.74) is 0. The minimum Gasteiger partial charge on any atom is -0.459 e. The van der Waals surface area contributed by atoms with Crippen molar-refractivity contribution in [1.82, 2.24) is 20.4 Å². The molecule has 2 unspecified atom stereocenters. The van der Waals surface area contributed by atoms with Crippen molar-refractivity contribution in [2.45, 2.75) is 31.9 Å². The van der Waals surface area contributed by atoms with Gasteiger partial charge >= 0.3 is 0 Å². The fraction of sp³-hybridized carbons (Fsp3) is 0.684. The summed E-state index contributed by atoms with van der Waals surface area (Å²) in [5, 5.41) is 5.88. The molecule has 1 aromatic rings. The second-order valence-electron chi connectivity index (χ2n) is 7.17. The molecule has 3 rings (SSSR count). The summed E-state index contributed by atoms with van der Waals surface area (Å²) in [7, 11) is 0. The highest BCUT2D eigenvalue weighted by Crippen LogP contribution is 2.11. The normalized spacial score (nSPS) is 22.5. The molecule has 0 aliphatic carbocycles. The number of carbonyl (C=O) groups is 2. The van der Waals surface area contributed by atoms with Gasteiger partial charge in [0.25, 0.3) is 5.91 Å². The number of carbonyl (C=O) groups excluding carboxylic acids is 2. The number of hydrogen-bond acceptors (Lipinski definition) is 6. The number of amides is 2. The number of nitrogens with one attached hydrogen (secondary N) is 2. The van der Waals surface area contributed by atoms with Crippen molar-refractivity contribution < 1.29 is 18.7 Å². The lowest BCUT2D eigenvalue weighted by Crippen LogP contribution is -2.55. The van der Waals surface area contributed by atoms with E-state index in [1.54, 1.807) is 12.1 Å². The van der Waals surface area contributed by atoms with Crippen molar-refractivity contribution in [2.75, 3.05) is 52.4 Å². The maximum absolute atomic E-state index is 12.4. The zero-order chi connectivity index (χ0) is 19.1. The summed E-state index contributed by atoms with van der Waals surface area (Å²) in [5.74, 6) is 0.225. The topological polar surface area (TPSA) is 87.0 Å². The molecule has 2 atom stereocenters. The third kappa shape index (κ3) is 5.79. The Labute approximate surface area is 160 Å². The Bertz CT molecular complexity index is 593. The summed E-state index contributed by atoms with van der Waals surface area (Å²) >= 11 is 0. The quantitative estimate of drug-likeness (QED) is 0.677. The lowest BCUT2D eigenvalue weighted by Gasteiger charge is -2.37. The van der Waals surface area contributed by atoms with Gasteiger partial charge in [0, 0.05) is 52.4 Å². The zero-order valence-corrected chi connectivity index (χ0v) is 16.0. The van der Waals surface area contributed by atoms with E-state index in [1.165, 1.54) is 6.26 Å². The molecule has 8 nitrogen and oxygen atoms in total. The Hall–Kier alpha value is -1.90. The minimum atomic E-state index is -0.185. The van der Waals surface area contributed by atoms with Crippen LogP contribution in [0.15, 0.2) is 22.8 Å². The van der Waals surface area contributed by atoms with E-state index in [9.17, 15) is 9.59 Å². The van der Waals surface area contributed by atoms with E-state index in [2.05, 4.69) is 20.4 Å². The molecule has 150 valence electrons. The van der Waals surface area contributed by atoms with Crippen LogP contribution in [-0.2, 0) is 9.53 Å². The molecule has 2 aliphatic heterocycles. The van der Waals surface area contributed by atoms with Gasteiger partial charge in [-0.15, -0.1) is 0 Å². The van der Waals surface area contributed by atoms with Crippen LogP contribution < -0.4 is 10.6 Å². The highest BCUT2D eigenvalue weighted by atomic mass is 16.5. The first-order valence-corrected chi connectivity index (χ1v) is 9.81. The summed E-state index contributed by atoms with van der Waals surface area (Å²) in [6.45, 7) is 8.22. The van der Waals surface area contributed by atoms with E-state index in [0.29, 0.717) is 18.8 Å². The van der Waals surface area contributed by atoms with Crippen LogP contribution in [0.4, 0.5) is 0 Å². The van der Waals surface area contributed by atoms with E-state index in [-0.39, 0.29) is 24.0 Å². The highest BCUT2D eigenvalue weighted by molar-refractivity contribution is 5.91. The molecular formula is C19H30N4O4. The molecule has 0 spiro atoms. The average molecular weight is 378 g/mol. The SMILES string of the molecule is CC(C(=O)NCC1CCCO1)N1CCN(CCNC(=O)c2ccco2)CC1. The van der Waals surface area contributed by atoms with Gasteiger partial charge in [-0.25, -0.2) is 0 Å². The van der Waals surface area contributed by atoms with E-state index < -0.39 is 0 Å². The first-order valence-electron chi connectivity index (χ1n) is 9.81. The van der Waals surface area contributed by atoms with Gasteiger partial charge in [-0.05, 0) is 31.9 Å². The van der Waals surface area contributed by atoms with E-state index in [1.807, 2.05) is 6.92 Å². The summed E-state index contributed by atoms with van der Waals surface area (Å²) in [6.07, 6.45) is 3.78. The van der Waals surface area contributed by atoms with Crippen molar-refractivity contribution >= 4 is 11.8 Å². The second kappa shape index (κ2) is 9.87. The minimum absolute atomic E-state index is 0.0738. The second-order valence-corrected chi connectivity index (χ2v) is 7.17. The van der Waals surface area contributed by atoms with Gasteiger partial charge in [-0.2, -0.15) is 0 Å². The standard InChI is InChI=1S/C19H30N4O4/c1-15(18(24)21-14-16-4-2-12-26-16)23-10-8-22(9-11-23)7-6-20-19(25)17-5-3-13-27-17/h3,5,13,15-16H,2,4,6-12,14H2,1H3,(H,20,25)(H,21,24). The van der Waals surface area contributed by atoms with Crippen molar-refractivity contribution in [3.8, 4) is 0 Å². The predicted octanol–water partition coefficient (Wildman–Crippen LogP) is 0.311. The molecule has 3 heterocycles. The number of ether oxygens (including phenoxy) is 1. The molecule has 0 radical (unpaired) electrons. The number of nitrogens with zero attached hydrogens (tertiary/aromatic N) is 2. The number of hydrogen-bond donors (Lipinski definition) is 2. The Balaban J connectivity index is 1.30. The number of furan rings is 1. The van der Waals surface area contributed by atoms with Crippen LogP contribution in [0.1, 0.15) is 30.3 Å². The van der Waals surface area contributed by atoms with Gasteiger partial charge in [0.15, 0.2) is 5.76 Å². The molecule has 2 N–H and O–H groups in total. The Morgan fingerprint density at radius 2 is 2.07 bits per heavy atom. The Morgan fingerprint density at radius 3 is 2.74 bits per heavy atom. The summed E-state index contributed by atoms with van der Waals surface area (Å²) < 4.78 is 10.6. The third-order valence-corrected chi connectivity index (χ3v) is 5.32. The van der Waals surface area contributed by atoms with Gasteiger partial charge < -0.3 is 19.8 Å². The van der Waals surface area contributed by atoms with Crippen molar-refractivity contribution in [3.05, 3.63) is 24.2 Å². The van der Waals surface area contributed by atoms with Crippen LogP contribution >= 0.6 is 0 Å². The average Bonchev–Trinajstić information content (AvgIpc) is 3.40. The molecule has 0 aromatic carbocycles. The number of rotatable bonds is 8. The smallest absolute Gasteiger partial charge is 0.287 e. The van der Waals surface area contributed by atoms with Gasteiger partial charge in [0.1, 0.15) is 0 Å². The lowest BCUT2D eigenvalue weighted by atomic mass is 10.2. The number of piperazine rings is 1. The van der Waals surface area contributed by atoms with Crippen LogP contribution in [0.3, 0.4) is 0 Å².